The number of rotatable bonds is 2. The van der Waals surface area contributed by atoms with Crippen molar-refractivity contribution in [3.05, 3.63) is 18.6 Å². The second-order valence-electron chi connectivity index (χ2n) is 3.20. The summed E-state index contributed by atoms with van der Waals surface area (Å²) in [6.07, 6.45) is 4.75. The molecule has 3 nitrogen and oxygen atoms in total. The van der Waals surface area contributed by atoms with Crippen molar-refractivity contribution < 1.29 is 4.42 Å². The van der Waals surface area contributed by atoms with Crippen molar-refractivity contribution in [2.24, 2.45) is 0 Å². The first-order chi connectivity index (χ1) is 5.90. The minimum Gasteiger partial charge on any atom is -0.470 e. The molecule has 1 aliphatic heterocycles. The average Bonchev–Trinajstić information content (AvgIpc) is 2.75. The maximum atomic E-state index is 5.03. The number of nitrogens with one attached hydrogen (secondary N) is 1. The maximum absolute atomic E-state index is 5.03. The number of likely N-dealkylation sites (N-methyl/N-ethyl adjacent to an activating group) is 1. The van der Waals surface area contributed by atoms with Crippen LogP contribution in [-0.4, -0.2) is 26.2 Å². The smallest absolute Gasteiger partial charge is 0.114 e. The Hall–Kier alpha value is -0.960. The van der Waals surface area contributed by atoms with Crippen LogP contribution in [0.1, 0.15) is 6.42 Å². The van der Waals surface area contributed by atoms with E-state index < -0.39 is 0 Å². The summed E-state index contributed by atoms with van der Waals surface area (Å²) >= 11 is 0. The zero-order valence-corrected chi connectivity index (χ0v) is 7.29. The maximum Gasteiger partial charge on any atom is 0.114 e. The third-order valence-corrected chi connectivity index (χ3v) is 2.47. The third-order valence-electron chi connectivity index (χ3n) is 2.47. The molecule has 0 aliphatic carbocycles. The number of nitrogens with zero attached hydrogens (tertiary/aromatic N) is 1. The highest BCUT2D eigenvalue weighted by Crippen LogP contribution is 2.19. The summed E-state index contributed by atoms with van der Waals surface area (Å²) < 4.78 is 5.03. The van der Waals surface area contributed by atoms with Crippen LogP contribution in [0.3, 0.4) is 0 Å². The van der Waals surface area contributed by atoms with Gasteiger partial charge >= 0.3 is 0 Å². The zero-order valence-electron chi connectivity index (χ0n) is 7.29. The molecule has 1 atom stereocenters. The molecule has 2 heterocycles. The molecule has 1 aromatic rings. The third kappa shape index (κ3) is 1.32. The lowest BCUT2D eigenvalue weighted by molar-refractivity contribution is 0.566. The molecule has 2 rings (SSSR count). The first-order valence-electron chi connectivity index (χ1n) is 4.34. The van der Waals surface area contributed by atoms with Crippen molar-refractivity contribution in [1.29, 1.82) is 0 Å². The second kappa shape index (κ2) is 3.19. The van der Waals surface area contributed by atoms with Gasteiger partial charge in [-0.1, -0.05) is 0 Å². The molecule has 3 heteroatoms. The lowest BCUT2D eigenvalue weighted by atomic mass is 10.3. The van der Waals surface area contributed by atoms with Crippen molar-refractivity contribution in [1.82, 2.24) is 5.32 Å². The van der Waals surface area contributed by atoms with E-state index in [0.29, 0.717) is 6.04 Å². The Balaban J connectivity index is 2.00. The SMILES string of the molecule is CN[C@@H]1CCN(c2ccoc2)C1. The van der Waals surface area contributed by atoms with Gasteiger partial charge in [0.15, 0.2) is 0 Å². The number of hydrogen-bond acceptors (Lipinski definition) is 3. The Morgan fingerprint density at radius 2 is 2.58 bits per heavy atom. The van der Waals surface area contributed by atoms with Crippen molar-refractivity contribution in [2.75, 3.05) is 25.0 Å². The van der Waals surface area contributed by atoms with Gasteiger partial charge in [0, 0.05) is 19.1 Å². The van der Waals surface area contributed by atoms with E-state index in [9.17, 15) is 0 Å². The number of furan rings is 1. The number of hydrogen-bond donors (Lipinski definition) is 1. The van der Waals surface area contributed by atoms with E-state index in [-0.39, 0.29) is 0 Å². The minimum absolute atomic E-state index is 0.639. The molecule has 0 amide bonds. The standard InChI is InChI=1S/C9H14N2O/c1-10-8-2-4-11(6-8)9-3-5-12-7-9/h3,5,7-8,10H,2,4,6H2,1H3/t8-/m1/s1. The summed E-state index contributed by atoms with van der Waals surface area (Å²) in [6, 6.07) is 2.65. The summed E-state index contributed by atoms with van der Waals surface area (Å²) in [5.41, 5.74) is 1.20. The Labute approximate surface area is 72.4 Å². The normalized spacial score (nSPS) is 23.4. The molecule has 1 saturated heterocycles. The van der Waals surface area contributed by atoms with Crippen LogP contribution in [0.4, 0.5) is 5.69 Å². The van der Waals surface area contributed by atoms with Crippen molar-refractivity contribution in [2.45, 2.75) is 12.5 Å². The molecule has 66 valence electrons. The number of anilines is 1. The fourth-order valence-electron chi connectivity index (χ4n) is 1.67. The molecule has 0 spiro atoms. The van der Waals surface area contributed by atoms with Crippen LogP contribution in [0.15, 0.2) is 23.0 Å². The van der Waals surface area contributed by atoms with Gasteiger partial charge in [0.25, 0.3) is 0 Å². The summed E-state index contributed by atoms with van der Waals surface area (Å²) in [6.45, 7) is 2.22. The monoisotopic (exact) mass is 166 g/mol. The molecule has 0 unspecified atom stereocenters. The Bertz CT molecular complexity index is 233. The molecule has 1 N–H and O–H groups in total. The minimum atomic E-state index is 0.639. The van der Waals surface area contributed by atoms with Crippen LogP contribution >= 0.6 is 0 Å². The molecule has 1 aromatic heterocycles. The fourth-order valence-corrected chi connectivity index (χ4v) is 1.67. The molecule has 0 radical (unpaired) electrons. The van der Waals surface area contributed by atoms with Crippen molar-refractivity contribution in [3.8, 4) is 0 Å². The predicted molar refractivity (Wildman–Crippen MR) is 48.4 cm³/mol. The van der Waals surface area contributed by atoms with E-state index in [4.69, 9.17) is 4.42 Å². The van der Waals surface area contributed by atoms with Crippen LogP contribution in [0, 0.1) is 0 Å². The lowest BCUT2D eigenvalue weighted by Gasteiger charge is -2.15. The predicted octanol–water partition coefficient (Wildman–Crippen LogP) is 1.08. The molecule has 1 fully saturated rings. The van der Waals surface area contributed by atoms with E-state index >= 15 is 0 Å². The molecule has 0 aromatic carbocycles. The van der Waals surface area contributed by atoms with Gasteiger partial charge in [0.2, 0.25) is 0 Å². The van der Waals surface area contributed by atoms with E-state index in [0.717, 1.165) is 13.1 Å². The molecular formula is C9H14N2O. The summed E-state index contributed by atoms with van der Waals surface area (Å²) in [7, 11) is 2.02. The summed E-state index contributed by atoms with van der Waals surface area (Å²) in [5, 5.41) is 3.28. The van der Waals surface area contributed by atoms with Gasteiger partial charge in [0.05, 0.1) is 12.0 Å². The van der Waals surface area contributed by atoms with Gasteiger partial charge in [-0.25, -0.2) is 0 Å². The Kier molecular flexibility index (Phi) is 2.04. The van der Waals surface area contributed by atoms with Crippen molar-refractivity contribution >= 4 is 5.69 Å². The molecule has 1 aliphatic rings. The van der Waals surface area contributed by atoms with E-state index in [1.165, 1.54) is 12.1 Å². The van der Waals surface area contributed by atoms with Crippen LogP contribution in [0.25, 0.3) is 0 Å². The van der Waals surface area contributed by atoms with Gasteiger partial charge in [-0.15, -0.1) is 0 Å². The van der Waals surface area contributed by atoms with Crippen molar-refractivity contribution in [3.63, 3.8) is 0 Å². The van der Waals surface area contributed by atoms with Crippen LogP contribution in [-0.2, 0) is 0 Å². The largest absolute Gasteiger partial charge is 0.470 e. The lowest BCUT2D eigenvalue weighted by Crippen LogP contribution is -2.29. The highest BCUT2D eigenvalue weighted by atomic mass is 16.3. The first kappa shape index (κ1) is 7.68. The van der Waals surface area contributed by atoms with Gasteiger partial charge in [-0.3, -0.25) is 0 Å². The molecule has 0 saturated carbocycles. The Morgan fingerprint density at radius 3 is 3.17 bits per heavy atom. The molecular weight excluding hydrogens is 152 g/mol. The van der Waals surface area contributed by atoms with Gasteiger partial charge < -0.3 is 14.6 Å². The second-order valence-corrected chi connectivity index (χ2v) is 3.20. The summed E-state index contributed by atoms with van der Waals surface area (Å²) in [4.78, 5) is 2.34. The average molecular weight is 166 g/mol. The van der Waals surface area contributed by atoms with E-state index in [2.05, 4.69) is 10.2 Å². The van der Waals surface area contributed by atoms with E-state index in [1.807, 2.05) is 13.1 Å². The van der Waals surface area contributed by atoms with Gasteiger partial charge in [-0.05, 0) is 19.5 Å². The van der Waals surface area contributed by atoms with Crippen LogP contribution in [0.5, 0.6) is 0 Å². The quantitative estimate of drug-likeness (QED) is 0.712. The van der Waals surface area contributed by atoms with Crippen LogP contribution in [0.2, 0.25) is 0 Å². The topological polar surface area (TPSA) is 28.4 Å². The molecule has 0 bridgehead atoms. The first-order valence-corrected chi connectivity index (χ1v) is 4.34. The Morgan fingerprint density at radius 1 is 1.67 bits per heavy atom. The fraction of sp³-hybridized carbons (Fsp3) is 0.556. The van der Waals surface area contributed by atoms with Crippen LogP contribution < -0.4 is 10.2 Å². The highest BCUT2D eigenvalue weighted by molar-refractivity contribution is 5.44. The highest BCUT2D eigenvalue weighted by Gasteiger charge is 2.21. The van der Waals surface area contributed by atoms with Gasteiger partial charge in [-0.2, -0.15) is 0 Å². The summed E-state index contributed by atoms with van der Waals surface area (Å²) in [5.74, 6) is 0. The molecule has 12 heavy (non-hydrogen) atoms. The van der Waals surface area contributed by atoms with E-state index in [1.54, 1.807) is 12.5 Å². The van der Waals surface area contributed by atoms with Gasteiger partial charge in [0.1, 0.15) is 6.26 Å². The zero-order chi connectivity index (χ0) is 8.39.